The van der Waals surface area contributed by atoms with Crippen molar-refractivity contribution in [3.8, 4) is 17.2 Å². The van der Waals surface area contributed by atoms with Crippen LogP contribution in [0, 0.1) is 6.92 Å². The number of hydrogen-bond acceptors (Lipinski definition) is 3. The molecule has 0 spiro atoms. The summed E-state index contributed by atoms with van der Waals surface area (Å²) in [7, 11) is 1.57. The molecule has 0 saturated carbocycles. The van der Waals surface area contributed by atoms with Crippen LogP contribution in [0.4, 0.5) is 5.69 Å². The summed E-state index contributed by atoms with van der Waals surface area (Å²) in [6, 6.07) is 10.8. The first-order valence-electron chi connectivity index (χ1n) is 5.47. The SMILES string of the molecule is COc1cc(Oc2ccc(Cl)cc2C)ccc1N. The topological polar surface area (TPSA) is 44.5 Å². The molecule has 3 nitrogen and oxygen atoms in total. The number of nitrogens with two attached hydrogens (primary N) is 1. The normalized spacial score (nSPS) is 10.2. The van der Waals surface area contributed by atoms with Gasteiger partial charge in [0.1, 0.15) is 17.2 Å². The summed E-state index contributed by atoms with van der Waals surface area (Å²) < 4.78 is 10.9. The monoisotopic (exact) mass is 263 g/mol. The molecule has 2 N–H and O–H groups in total. The molecule has 0 aliphatic rings. The van der Waals surface area contributed by atoms with Crippen LogP contribution in [0.2, 0.25) is 5.02 Å². The highest BCUT2D eigenvalue weighted by Crippen LogP contribution is 2.31. The lowest BCUT2D eigenvalue weighted by Gasteiger charge is -2.11. The summed E-state index contributed by atoms with van der Waals surface area (Å²) in [5, 5.41) is 0.690. The van der Waals surface area contributed by atoms with Crippen molar-refractivity contribution >= 4 is 17.3 Å². The van der Waals surface area contributed by atoms with Gasteiger partial charge in [-0.15, -0.1) is 0 Å². The molecule has 0 amide bonds. The molecule has 0 bridgehead atoms. The van der Waals surface area contributed by atoms with Crippen molar-refractivity contribution in [1.82, 2.24) is 0 Å². The van der Waals surface area contributed by atoms with E-state index in [2.05, 4.69) is 0 Å². The van der Waals surface area contributed by atoms with Crippen molar-refractivity contribution in [3.05, 3.63) is 47.0 Å². The number of methoxy groups -OCH3 is 1. The van der Waals surface area contributed by atoms with Crippen LogP contribution in [0.1, 0.15) is 5.56 Å². The lowest BCUT2D eigenvalue weighted by atomic mass is 10.2. The van der Waals surface area contributed by atoms with E-state index < -0.39 is 0 Å². The van der Waals surface area contributed by atoms with Crippen molar-refractivity contribution in [2.75, 3.05) is 12.8 Å². The fourth-order valence-electron chi connectivity index (χ4n) is 1.61. The van der Waals surface area contributed by atoms with Gasteiger partial charge in [-0.3, -0.25) is 0 Å². The predicted molar refractivity (Wildman–Crippen MR) is 73.7 cm³/mol. The molecular formula is C14H14ClNO2. The number of benzene rings is 2. The summed E-state index contributed by atoms with van der Waals surface area (Å²) in [4.78, 5) is 0. The Hall–Kier alpha value is -1.87. The van der Waals surface area contributed by atoms with Gasteiger partial charge in [-0.25, -0.2) is 0 Å². The van der Waals surface area contributed by atoms with Gasteiger partial charge in [0.05, 0.1) is 12.8 Å². The van der Waals surface area contributed by atoms with Gasteiger partial charge in [-0.05, 0) is 42.8 Å². The summed E-state index contributed by atoms with van der Waals surface area (Å²) in [5.74, 6) is 2.02. The van der Waals surface area contributed by atoms with Gasteiger partial charge in [-0.1, -0.05) is 11.6 Å². The fourth-order valence-corrected chi connectivity index (χ4v) is 1.84. The Kier molecular flexibility index (Phi) is 3.63. The van der Waals surface area contributed by atoms with Crippen LogP contribution in [-0.4, -0.2) is 7.11 Å². The van der Waals surface area contributed by atoms with Gasteiger partial charge in [0.15, 0.2) is 0 Å². The largest absolute Gasteiger partial charge is 0.494 e. The first-order chi connectivity index (χ1) is 8.60. The van der Waals surface area contributed by atoms with Crippen LogP contribution in [0.3, 0.4) is 0 Å². The smallest absolute Gasteiger partial charge is 0.145 e. The van der Waals surface area contributed by atoms with Crippen LogP contribution in [0.15, 0.2) is 36.4 Å². The van der Waals surface area contributed by atoms with E-state index in [1.165, 1.54) is 0 Å². The van der Waals surface area contributed by atoms with Crippen molar-refractivity contribution < 1.29 is 9.47 Å². The average molecular weight is 264 g/mol. The zero-order valence-electron chi connectivity index (χ0n) is 10.2. The van der Waals surface area contributed by atoms with Crippen LogP contribution >= 0.6 is 11.6 Å². The van der Waals surface area contributed by atoms with Crippen molar-refractivity contribution in [2.24, 2.45) is 0 Å². The minimum Gasteiger partial charge on any atom is -0.494 e. The summed E-state index contributed by atoms with van der Waals surface area (Å²) in [6.07, 6.45) is 0. The second-order valence-corrected chi connectivity index (χ2v) is 4.35. The van der Waals surface area contributed by atoms with E-state index in [0.717, 1.165) is 11.3 Å². The van der Waals surface area contributed by atoms with Crippen molar-refractivity contribution in [2.45, 2.75) is 6.92 Å². The maximum Gasteiger partial charge on any atom is 0.145 e. The minimum atomic E-state index is 0.581. The molecule has 2 aromatic rings. The summed E-state index contributed by atoms with van der Waals surface area (Å²) >= 11 is 5.90. The van der Waals surface area contributed by atoms with E-state index in [1.807, 2.05) is 19.1 Å². The van der Waals surface area contributed by atoms with E-state index in [1.54, 1.807) is 31.4 Å². The van der Waals surface area contributed by atoms with Gasteiger partial charge in [-0.2, -0.15) is 0 Å². The lowest BCUT2D eigenvalue weighted by molar-refractivity contribution is 0.411. The average Bonchev–Trinajstić information content (AvgIpc) is 2.35. The molecule has 0 unspecified atom stereocenters. The Labute approximate surface area is 111 Å². The Morgan fingerprint density at radius 1 is 1.06 bits per heavy atom. The van der Waals surface area contributed by atoms with Crippen molar-refractivity contribution in [3.63, 3.8) is 0 Å². The zero-order valence-corrected chi connectivity index (χ0v) is 11.0. The molecule has 18 heavy (non-hydrogen) atoms. The third kappa shape index (κ3) is 2.68. The third-order valence-corrected chi connectivity index (χ3v) is 2.80. The molecule has 0 saturated heterocycles. The molecule has 0 aliphatic heterocycles. The van der Waals surface area contributed by atoms with Crippen LogP contribution in [-0.2, 0) is 0 Å². The Morgan fingerprint density at radius 2 is 1.83 bits per heavy atom. The predicted octanol–water partition coefficient (Wildman–Crippen LogP) is 4.03. The lowest BCUT2D eigenvalue weighted by Crippen LogP contribution is -1.93. The quantitative estimate of drug-likeness (QED) is 0.851. The van der Waals surface area contributed by atoms with Crippen LogP contribution < -0.4 is 15.2 Å². The van der Waals surface area contributed by atoms with Crippen LogP contribution in [0.25, 0.3) is 0 Å². The van der Waals surface area contributed by atoms with Gasteiger partial charge in [0, 0.05) is 11.1 Å². The number of hydrogen-bond donors (Lipinski definition) is 1. The number of halogens is 1. The summed E-state index contributed by atoms with van der Waals surface area (Å²) in [6.45, 7) is 1.94. The fraction of sp³-hybridized carbons (Fsp3) is 0.143. The maximum absolute atomic E-state index is 5.90. The van der Waals surface area contributed by atoms with Gasteiger partial charge >= 0.3 is 0 Å². The molecule has 0 heterocycles. The maximum atomic E-state index is 5.90. The summed E-state index contributed by atoms with van der Waals surface area (Å²) in [5.41, 5.74) is 7.30. The standard InChI is InChI=1S/C14H14ClNO2/c1-9-7-10(15)3-6-13(9)18-11-4-5-12(16)14(8-11)17-2/h3-8H,16H2,1-2H3. The first-order valence-corrected chi connectivity index (χ1v) is 5.85. The van der Waals surface area contributed by atoms with Crippen LogP contribution in [0.5, 0.6) is 17.2 Å². The molecule has 2 aromatic carbocycles. The van der Waals surface area contributed by atoms with Crippen molar-refractivity contribution in [1.29, 1.82) is 0 Å². The zero-order chi connectivity index (χ0) is 13.1. The molecule has 0 fully saturated rings. The molecule has 0 atom stereocenters. The van der Waals surface area contributed by atoms with E-state index in [4.69, 9.17) is 26.8 Å². The third-order valence-electron chi connectivity index (χ3n) is 2.57. The highest BCUT2D eigenvalue weighted by molar-refractivity contribution is 6.30. The van der Waals surface area contributed by atoms with Gasteiger partial charge in [0.2, 0.25) is 0 Å². The highest BCUT2D eigenvalue weighted by Gasteiger charge is 2.05. The first kappa shape index (κ1) is 12.6. The molecule has 4 heteroatoms. The molecular weight excluding hydrogens is 250 g/mol. The number of rotatable bonds is 3. The second-order valence-electron chi connectivity index (χ2n) is 3.92. The number of aryl methyl sites for hydroxylation is 1. The highest BCUT2D eigenvalue weighted by atomic mass is 35.5. The molecule has 2 rings (SSSR count). The Morgan fingerprint density at radius 3 is 2.50 bits per heavy atom. The van der Waals surface area contributed by atoms with E-state index in [0.29, 0.717) is 22.2 Å². The minimum absolute atomic E-state index is 0.581. The molecule has 0 aliphatic carbocycles. The molecule has 0 radical (unpaired) electrons. The molecule has 0 aromatic heterocycles. The van der Waals surface area contributed by atoms with E-state index >= 15 is 0 Å². The van der Waals surface area contributed by atoms with Gasteiger partial charge < -0.3 is 15.2 Å². The molecule has 94 valence electrons. The van der Waals surface area contributed by atoms with E-state index in [9.17, 15) is 0 Å². The Balaban J connectivity index is 2.28. The number of nitrogen functional groups attached to an aromatic ring is 1. The number of ether oxygens (including phenoxy) is 2. The number of anilines is 1. The van der Waals surface area contributed by atoms with E-state index in [-0.39, 0.29) is 0 Å². The second kappa shape index (κ2) is 5.19. The Bertz CT molecular complexity index is 570. The van der Waals surface area contributed by atoms with Gasteiger partial charge in [0.25, 0.3) is 0 Å².